The number of benzene rings is 1. The zero-order valence-corrected chi connectivity index (χ0v) is 18.6. The second-order valence-electron chi connectivity index (χ2n) is 8.91. The van der Waals surface area contributed by atoms with Crippen molar-refractivity contribution in [2.75, 3.05) is 13.2 Å². The Balaban J connectivity index is 1.32. The molecule has 12 heteroatoms. The number of amides is 3. The second-order valence-corrected chi connectivity index (χ2v) is 8.91. The Labute approximate surface area is 201 Å². The maximum Gasteiger partial charge on any atom is 0.422 e. The lowest BCUT2D eigenvalue weighted by molar-refractivity contribution is -0.153. The minimum Gasteiger partial charge on any atom is -0.483 e. The summed E-state index contributed by atoms with van der Waals surface area (Å²) in [5.74, 6) is -0.751. The number of carbonyl (C=O) groups is 2. The number of alkyl halides is 3. The predicted molar refractivity (Wildman–Crippen MR) is 121 cm³/mol. The van der Waals surface area contributed by atoms with Crippen molar-refractivity contribution in [1.29, 1.82) is 0 Å². The molecule has 1 saturated carbocycles. The number of imide groups is 1. The van der Waals surface area contributed by atoms with Crippen LogP contribution in [0.4, 0.5) is 18.0 Å². The van der Waals surface area contributed by atoms with Crippen LogP contribution in [-0.2, 0) is 4.79 Å². The molecule has 9 nitrogen and oxygen atoms in total. The minimum atomic E-state index is -4.44. The van der Waals surface area contributed by atoms with E-state index in [1.807, 2.05) is 18.2 Å². The highest BCUT2D eigenvalue weighted by molar-refractivity contribution is 6.00. The fourth-order valence-corrected chi connectivity index (χ4v) is 4.74. The van der Waals surface area contributed by atoms with Crippen molar-refractivity contribution >= 4 is 28.5 Å². The van der Waals surface area contributed by atoms with Gasteiger partial charge in [-0.2, -0.15) is 18.3 Å². The molecule has 2 N–H and O–H groups in total. The first-order valence-corrected chi connectivity index (χ1v) is 11.3. The summed E-state index contributed by atoms with van der Waals surface area (Å²) in [5.41, 5.74) is 3.60. The molecule has 6 rings (SSSR count). The summed E-state index contributed by atoms with van der Waals surface area (Å²) in [7, 11) is 0. The summed E-state index contributed by atoms with van der Waals surface area (Å²) in [5, 5.41) is 9.92. The molecule has 2 fully saturated rings. The number of carbonyl (C=O) groups excluding carboxylic acids is 2. The van der Waals surface area contributed by atoms with Crippen molar-refractivity contribution < 1.29 is 27.5 Å². The number of hydrogen-bond donors (Lipinski definition) is 2. The molecule has 2 aliphatic rings. The first-order chi connectivity index (χ1) is 17.3. The summed E-state index contributed by atoms with van der Waals surface area (Å²) in [6.07, 6.45) is 1.10. The van der Waals surface area contributed by atoms with Crippen molar-refractivity contribution in [3.05, 3.63) is 65.7 Å². The van der Waals surface area contributed by atoms with Gasteiger partial charge in [-0.1, -0.05) is 6.07 Å². The summed E-state index contributed by atoms with van der Waals surface area (Å²) < 4.78 is 44.8. The van der Waals surface area contributed by atoms with Crippen LogP contribution in [-0.4, -0.2) is 50.8 Å². The molecule has 1 unspecified atom stereocenters. The van der Waals surface area contributed by atoms with Crippen LogP contribution in [0, 0.1) is 0 Å². The smallest absolute Gasteiger partial charge is 0.422 e. The van der Waals surface area contributed by atoms with Gasteiger partial charge in [0.05, 0.1) is 17.1 Å². The molecule has 4 heterocycles. The SMILES string of the molecule is O=C1NCC(c2cc([C@H]3C[C@@H]3c3ccc4nccc(OCC(F)(F)F)c4c3)c3nccn3n2)C(=O)N1. The van der Waals surface area contributed by atoms with Gasteiger partial charge < -0.3 is 10.1 Å². The fourth-order valence-electron chi connectivity index (χ4n) is 4.74. The quantitative estimate of drug-likeness (QED) is 0.438. The monoisotopic (exact) mass is 496 g/mol. The number of rotatable bonds is 5. The van der Waals surface area contributed by atoms with Crippen LogP contribution in [0.2, 0.25) is 0 Å². The number of halogens is 3. The van der Waals surface area contributed by atoms with Gasteiger partial charge in [0.15, 0.2) is 12.3 Å². The number of imidazole rings is 1. The Hall–Kier alpha value is -4.22. The largest absolute Gasteiger partial charge is 0.483 e. The van der Waals surface area contributed by atoms with E-state index in [0.717, 1.165) is 17.5 Å². The zero-order valence-electron chi connectivity index (χ0n) is 18.6. The molecule has 3 amide bonds. The van der Waals surface area contributed by atoms with Crippen molar-refractivity contribution in [2.45, 2.75) is 30.4 Å². The van der Waals surface area contributed by atoms with Crippen LogP contribution in [0.15, 0.2) is 48.9 Å². The van der Waals surface area contributed by atoms with Crippen molar-refractivity contribution in [3.63, 3.8) is 0 Å². The average molecular weight is 496 g/mol. The lowest BCUT2D eigenvalue weighted by atomic mass is 9.98. The second kappa shape index (κ2) is 8.18. The highest BCUT2D eigenvalue weighted by Gasteiger charge is 2.42. The van der Waals surface area contributed by atoms with E-state index >= 15 is 0 Å². The molecule has 0 spiro atoms. The van der Waals surface area contributed by atoms with Gasteiger partial charge in [-0.3, -0.25) is 15.1 Å². The molecular formula is C24H19F3N6O3. The lowest BCUT2D eigenvalue weighted by Crippen LogP contribution is -2.51. The molecule has 1 aromatic carbocycles. The molecule has 0 bridgehead atoms. The van der Waals surface area contributed by atoms with Crippen molar-refractivity contribution in [1.82, 2.24) is 30.2 Å². The molecule has 3 atom stereocenters. The number of fused-ring (bicyclic) bond motifs is 2. The van der Waals surface area contributed by atoms with Gasteiger partial charge in [-0.25, -0.2) is 14.3 Å². The van der Waals surface area contributed by atoms with Crippen LogP contribution >= 0.6 is 0 Å². The third-order valence-corrected chi connectivity index (χ3v) is 6.52. The lowest BCUT2D eigenvalue weighted by Gasteiger charge is -2.22. The molecule has 3 aromatic heterocycles. The average Bonchev–Trinajstić information content (AvgIpc) is 3.49. The third kappa shape index (κ3) is 4.08. The Bertz CT molecular complexity index is 1520. The highest BCUT2D eigenvalue weighted by Crippen LogP contribution is 2.56. The third-order valence-electron chi connectivity index (χ3n) is 6.52. The van der Waals surface area contributed by atoms with Crippen LogP contribution in [0.3, 0.4) is 0 Å². The van der Waals surface area contributed by atoms with Crippen LogP contribution in [0.25, 0.3) is 16.6 Å². The van der Waals surface area contributed by atoms with Gasteiger partial charge in [0.1, 0.15) is 5.75 Å². The molecule has 4 aromatic rings. The van der Waals surface area contributed by atoms with Gasteiger partial charge in [0.2, 0.25) is 5.91 Å². The van der Waals surface area contributed by atoms with Gasteiger partial charge in [-0.05, 0) is 48.1 Å². The topological polar surface area (TPSA) is 111 Å². The first kappa shape index (κ1) is 22.3. The van der Waals surface area contributed by atoms with E-state index in [9.17, 15) is 22.8 Å². The van der Waals surface area contributed by atoms with E-state index in [-0.39, 0.29) is 24.1 Å². The van der Waals surface area contributed by atoms with Crippen LogP contribution in [0.5, 0.6) is 5.75 Å². The Morgan fingerprint density at radius 1 is 1.08 bits per heavy atom. The van der Waals surface area contributed by atoms with E-state index in [4.69, 9.17) is 4.74 Å². The number of nitrogens with zero attached hydrogens (tertiary/aromatic N) is 4. The summed E-state index contributed by atoms with van der Waals surface area (Å²) in [6, 6.07) is 8.27. The normalized spacial score (nSPS) is 21.9. The number of urea groups is 1. The maximum absolute atomic E-state index is 12.7. The predicted octanol–water partition coefficient (Wildman–Crippen LogP) is 3.41. The number of pyridine rings is 1. The maximum atomic E-state index is 12.7. The molecular weight excluding hydrogens is 477 g/mol. The van der Waals surface area contributed by atoms with E-state index in [2.05, 4.69) is 25.7 Å². The molecule has 1 aliphatic heterocycles. The van der Waals surface area contributed by atoms with E-state index in [0.29, 0.717) is 22.2 Å². The van der Waals surface area contributed by atoms with E-state index in [1.165, 1.54) is 12.3 Å². The minimum absolute atomic E-state index is 0.0755. The number of ether oxygens (including phenoxy) is 1. The fraction of sp³-hybridized carbons (Fsp3) is 0.292. The number of aromatic nitrogens is 4. The van der Waals surface area contributed by atoms with Crippen LogP contribution in [0.1, 0.15) is 41.0 Å². The van der Waals surface area contributed by atoms with Gasteiger partial charge in [-0.15, -0.1) is 0 Å². The first-order valence-electron chi connectivity index (χ1n) is 11.3. The summed E-state index contributed by atoms with van der Waals surface area (Å²) in [6.45, 7) is -1.24. The zero-order chi connectivity index (χ0) is 25.0. The summed E-state index contributed by atoms with van der Waals surface area (Å²) in [4.78, 5) is 32.5. The van der Waals surface area contributed by atoms with Crippen LogP contribution < -0.4 is 15.4 Å². The molecule has 1 saturated heterocycles. The van der Waals surface area contributed by atoms with Gasteiger partial charge in [0, 0.05) is 36.1 Å². The Morgan fingerprint density at radius 2 is 1.94 bits per heavy atom. The standard InChI is InChI=1S/C24H19F3N6O3/c25-24(26,27)11-36-20-3-4-28-18-2-1-12(7-16(18)20)13-8-14(13)15-9-19(32-33-6-5-29-21(15)33)17-10-30-23(35)31-22(17)34/h1-7,9,13-14,17H,8,10-11H2,(H2,30,31,34,35)/t13-,14+,17?/m1/s1. The van der Waals surface area contributed by atoms with E-state index < -0.39 is 30.6 Å². The van der Waals surface area contributed by atoms with E-state index in [1.54, 1.807) is 23.0 Å². The summed E-state index contributed by atoms with van der Waals surface area (Å²) >= 11 is 0. The highest BCUT2D eigenvalue weighted by atomic mass is 19.4. The number of hydrogen-bond acceptors (Lipinski definition) is 6. The Morgan fingerprint density at radius 3 is 2.75 bits per heavy atom. The number of nitrogens with one attached hydrogen (secondary N) is 2. The molecule has 1 aliphatic carbocycles. The molecule has 0 radical (unpaired) electrons. The van der Waals surface area contributed by atoms with Crippen molar-refractivity contribution in [2.24, 2.45) is 0 Å². The van der Waals surface area contributed by atoms with Gasteiger partial charge >= 0.3 is 12.2 Å². The molecule has 184 valence electrons. The molecule has 36 heavy (non-hydrogen) atoms. The Kier molecular flexibility index (Phi) is 5.06. The van der Waals surface area contributed by atoms with Crippen molar-refractivity contribution in [3.8, 4) is 5.75 Å². The van der Waals surface area contributed by atoms with Gasteiger partial charge in [0.25, 0.3) is 0 Å².